The molecule has 0 saturated heterocycles. The van der Waals surface area contributed by atoms with Crippen molar-refractivity contribution in [2.45, 2.75) is 71.0 Å². The SMILES string of the molecule is Cc1nn(CCC(=O)NC2C3CCCC2CC(N)C3)c(C)c1[N+](=O)[O-].Cl. The molecule has 9 heteroatoms. The van der Waals surface area contributed by atoms with E-state index in [-0.39, 0.29) is 42.5 Å². The van der Waals surface area contributed by atoms with Crippen LogP contribution in [0.25, 0.3) is 0 Å². The molecule has 3 rings (SSSR count). The monoisotopic (exact) mass is 385 g/mol. The highest BCUT2D eigenvalue weighted by atomic mass is 35.5. The lowest BCUT2D eigenvalue weighted by atomic mass is 9.67. The Hall–Kier alpha value is -1.67. The van der Waals surface area contributed by atoms with Crippen molar-refractivity contribution >= 4 is 24.0 Å². The van der Waals surface area contributed by atoms with Crippen LogP contribution in [0.2, 0.25) is 0 Å². The number of amides is 1. The van der Waals surface area contributed by atoms with E-state index >= 15 is 0 Å². The maximum Gasteiger partial charge on any atom is 0.312 e. The van der Waals surface area contributed by atoms with E-state index in [9.17, 15) is 14.9 Å². The van der Waals surface area contributed by atoms with Crippen LogP contribution in [0.1, 0.15) is 49.9 Å². The molecular weight excluding hydrogens is 358 g/mol. The minimum absolute atomic E-state index is 0. The summed E-state index contributed by atoms with van der Waals surface area (Å²) in [5, 5.41) is 18.5. The van der Waals surface area contributed by atoms with Gasteiger partial charge in [0.05, 0.1) is 11.5 Å². The second-order valence-corrected chi connectivity index (χ2v) is 7.53. The van der Waals surface area contributed by atoms with Crippen molar-refractivity contribution in [1.82, 2.24) is 15.1 Å². The predicted octanol–water partition coefficient (Wildman–Crippen LogP) is 2.24. The molecule has 2 aliphatic rings. The number of aromatic nitrogens is 2. The summed E-state index contributed by atoms with van der Waals surface area (Å²) >= 11 is 0. The van der Waals surface area contributed by atoms with E-state index in [0.717, 1.165) is 25.7 Å². The van der Waals surface area contributed by atoms with Gasteiger partial charge < -0.3 is 11.1 Å². The summed E-state index contributed by atoms with van der Waals surface area (Å²) in [4.78, 5) is 23.1. The molecule has 1 amide bonds. The zero-order chi connectivity index (χ0) is 18.1. The number of carbonyl (C=O) groups excluding carboxylic acids is 1. The topological polar surface area (TPSA) is 116 Å². The third-order valence-corrected chi connectivity index (χ3v) is 5.78. The molecule has 1 heterocycles. The van der Waals surface area contributed by atoms with E-state index in [1.54, 1.807) is 18.5 Å². The maximum absolute atomic E-state index is 12.4. The summed E-state index contributed by atoms with van der Waals surface area (Å²) in [6.07, 6.45) is 5.76. The Labute approximate surface area is 159 Å². The smallest absolute Gasteiger partial charge is 0.312 e. The third kappa shape index (κ3) is 4.17. The molecule has 2 aliphatic carbocycles. The van der Waals surface area contributed by atoms with Crippen LogP contribution in [0.3, 0.4) is 0 Å². The summed E-state index contributed by atoms with van der Waals surface area (Å²) in [7, 11) is 0. The number of nitrogens with two attached hydrogens (primary N) is 1. The molecule has 0 aliphatic heterocycles. The van der Waals surface area contributed by atoms with Crippen LogP contribution in [0.15, 0.2) is 0 Å². The van der Waals surface area contributed by atoms with Crippen LogP contribution < -0.4 is 11.1 Å². The molecule has 2 atom stereocenters. The molecule has 2 unspecified atom stereocenters. The van der Waals surface area contributed by atoms with Gasteiger partial charge in [-0.25, -0.2) is 0 Å². The average molecular weight is 386 g/mol. The highest BCUT2D eigenvalue weighted by molar-refractivity contribution is 5.85. The van der Waals surface area contributed by atoms with Crippen molar-refractivity contribution in [3.63, 3.8) is 0 Å². The number of carbonyl (C=O) groups is 1. The lowest BCUT2D eigenvalue weighted by Crippen LogP contribution is -2.53. The van der Waals surface area contributed by atoms with Crippen molar-refractivity contribution in [1.29, 1.82) is 0 Å². The van der Waals surface area contributed by atoms with Gasteiger partial charge in [0.1, 0.15) is 11.4 Å². The Balaban J connectivity index is 0.00000243. The molecule has 1 aromatic rings. The molecule has 26 heavy (non-hydrogen) atoms. The molecule has 3 N–H and O–H groups in total. The lowest BCUT2D eigenvalue weighted by molar-refractivity contribution is -0.386. The van der Waals surface area contributed by atoms with Gasteiger partial charge in [-0.05, 0) is 51.4 Å². The minimum atomic E-state index is -0.416. The fraction of sp³-hybridized carbons (Fsp3) is 0.765. The van der Waals surface area contributed by atoms with E-state index < -0.39 is 4.92 Å². The molecule has 2 saturated carbocycles. The Morgan fingerprint density at radius 1 is 1.35 bits per heavy atom. The van der Waals surface area contributed by atoms with Gasteiger partial charge >= 0.3 is 5.69 Å². The van der Waals surface area contributed by atoms with E-state index in [1.165, 1.54) is 6.42 Å². The first-order valence-electron chi connectivity index (χ1n) is 9.10. The van der Waals surface area contributed by atoms with Crippen molar-refractivity contribution in [2.75, 3.05) is 0 Å². The van der Waals surface area contributed by atoms with Crippen molar-refractivity contribution < 1.29 is 9.72 Å². The van der Waals surface area contributed by atoms with E-state index in [1.807, 2.05) is 0 Å². The maximum atomic E-state index is 12.4. The average Bonchev–Trinajstić information content (AvgIpc) is 2.80. The van der Waals surface area contributed by atoms with E-state index in [0.29, 0.717) is 29.8 Å². The van der Waals surface area contributed by atoms with Gasteiger partial charge in [-0.1, -0.05) is 6.42 Å². The number of halogens is 1. The van der Waals surface area contributed by atoms with Crippen LogP contribution >= 0.6 is 12.4 Å². The third-order valence-electron chi connectivity index (χ3n) is 5.78. The van der Waals surface area contributed by atoms with Crippen molar-refractivity contribution in [3.8, 4) is 0 Å². The standard InChI is InChI=1S/C17H27N5O3.ClH/c1-10-17(22(24)25)11(2)21(20-10)7-6-15(23)19-16-12-4-3-5-13(16)9-14(18)8-12;/h12-14,16H,3-9,18H2,1-2H3,(H,19,23);1H. The Bertz CT molecular complexity index is 664. The molecular formula is C17H28ClN5O3. The first-order valence-corrected chi connectivity index (χ1v) is 9.10. The van der Waals surface area contributed by atoms with Crippen LogP contribution in [-0.2, 0) is 11.3 Å². The zero-order valence-corrected chi connectivity index (χ0v) is 16.1. The number of nitrogens with one attached hydrogen (secondary N) is 1. The first kappa shape index (κ1) is 20.6. The number of aryl methyl sites for hydroxylation is 2. The number of nitro groups is 1. The number of hydrogen-bond donors (Lipinski definition) is 2. The van der Waals surface area contributed by atoms with Gasteiger partial charge in [0, 0.05) is 18.5 Å². The summed E-state index contributed by atoms with van der Waals surface area (Å²) in [5.41, 5.74) is 7.05. The molecule has 0 spiro atoms. The van der Waals surface area contributed by atoms with E-state index in [4.69, 9.17) is 5.73 Å². The Morgan fingerprint density at radius 3 is 2.50 bits per heavy atom. The summed E-state index contributed by atoms with van der Waals surface area (Å²) in [6, 6.07) is 0.495. The predicted molar refractivity (Wildman–Crippen MR) is 100 cm³/mol. The summed E-state index contributed by atoms with van der Waals surface area (Å²) in [6.45, 7) is 3.64. The minimum Gasteiger partial charge on any atom is -0.353 e. The Morgan fingerprint density at radius 2 is 1.96 bits per heavy atom. The molecule has 146 valence electrons. The van der Waals surface area contributed by atoms with Gasteiger partial charge in [-0.3, -0.25) is 19.6 Å². The van der Waals surface area contributed by atoms with Gasteiger partial charge in [-0.2, -0.15) is 5.10 Å². The normalized spacial score (nSPS) is 27.5. The van der Waals surface area contributed by atoms with Crippen LogP contribution in [0.5, 0.6) is 0 Å². The number of hydrogen-bond acceptors (Lipinski definition) is 5. The summed E-state index contributed by atoms with van der Waals surface area (Å²) < 4.78 is 1.56. The number of fused-ring (bicyclic) bond motifs is 2. The molecule has 1 aromatic heterocycles. The largest absolute Gasteiger partial charge is 0.353 e. The molecule has 8 nitrogen and oxygen atoms in total. The molecule has 0 radical (unpaired) electrons. The summed E-state index contributed by atoms with van der Waals surface area (Å²) in [5.74, 6) is 0.968. The van der Waals surface area contributed by atoms with E-state index in [2.05, 4.69) is 10.4 Å². The molecule has 0 aromatic carbocycles. The van der Waals surface area contributed by atoms with Crippen molar-refractivity contribution in [2.24, 2.45) is 17.6 Å². The van der Waals surface area contributed by atoms with Crippen LogP contribution in [0, 0.1) is 35.8 Å². The van der Waals surface area contributed by atoms with Gasteiger partial charge in [-0.15, -0.1) is 12.4 Å². The second kappa shape index (κ2) is 8.35. The second-order valence-electron chi connectivity index (χ2n) is 7.53. The van der Waals surface area contributed by atoms with Crippen molar-refractivity contribution in [3.05, 3.63) is 21.5 Å². The first-order chi connectivity index (χ1) is 11.9. The zero-order valence-electron chi connectivity index (χ0n) is 15.3. The fourth-order valence-corrected chi connectivity index (χ4v) is 4.66. The molecule has 2 bridgehead atoms. The highest BCUT2D eigenvalue weighted by Crippen LogP contribution is 2.39. The molecule has 2 fully saturated rings. The Kier molecular flexibility index (Phi) is 6.63. The highest BCUT2D eigenvalue weighted by Gasteiger charge is 2.39. The van der Waals surface area contributed by atoms with Crippen LogP contribution in [-0.4, -0.2) is 32.7 Å². The van der Waals surface area contributed by atoms with Gasteiger partial charge in [0.15, 0.2) is 0 Å². The number of rotatable bonds is 5. The van der Waals surface area contributed by atoms with Gasteiger partial charge in [0.25, 0.3) is 0 Å². The van der Waals surface area contributed by atoms with Gasteiger partial charge in [0.2, 0.25) is 5.91 Å². The number of nitrogens with zero attached hydrogens (tertiary/aromatic N) is 3. The quantitative estimate of drug-likeness (QED) is 0.595. The van der Waals surface area contributed by atoms with Crippen LogP contribution in [0.4, 0.5) is 5.69 Å². The fourth-order valence-electron chi connectivity index (χ4n) is 4.66. The lowest BCUT2D eigenvalue weighted by Gasteiger charge is -2.45.